The topological polar surface area (TPSA) is 61.8 Å². The summed E-state index contributed by atoms with van der Waals surface area (Å²) >= 11 is 0. The number of hydrogen-bond donors (Lipinski definition) is 2. The van der Waals surface area contributed by atoms with Crippen LogP contribution in [-0.2, 0) is 11.3 Å². The molecule has 0 saturated carbocycles. The van der Waals surface area contributed by atoms with E-state index in [1.807, 2.05) is 30.1 Å². The largest absolute Gasteiger partial charge is 0.482 e. The lowest BCUT2D eigenvalue weighted by Crippen LogP contribution is -2.35. The Bertz CT molecular complexity index is 480. The molecule has 104 valence electrons. The van der Waals surface area contributed by atoms with Crippen molar-refractivity contribution < 1.29 is 14.6 Å². The quantitative estimate of drug-likeness (QED) is 0.858. The molecular weight excluding hydrogens is 244 g/mol. The van der Waals surface area contributed by atoms with E-state index >= 15 is 0 Å². The van der Waals surface area contributed by atoms with Crippen molar-refractivity contribution in [3.8, 4) is 5.75 Å². The van der Waals surface area contributed by atoms with E-state index in [1.54, 1.807) is 13.8 Å². The minimum Gasteiger partial charge on any atom is -0.482 e. The summed E-state index contributed by atoms with van der Waals surface area (Å²) in [7, 11) is 1.95. The molecule has 5 heteroatoms. The van der Waals surface area contributed by atoms with Crippen LogP contribution in [0.15, 0.2) is 18.2 Å². The van der Waals surface area contributed by atoms with Crippen molar-refractivity contribution in [3.63, 3.8) is 0 Å². The van der Waals surface area contributed by atoms with Crippen molar-refractivity contribution in [3.05, 3.63) is 23.8 Å². The number of likely N-dealkylation sites (N-methyl/N-ethyl adjacent to an activating group) is 1. The lowest BCUT2D eigenvalue weighted by atomic mass is 10.1. The van der Waals surface area contributed by atoms with Gasteiger partial charge < -0.3 is 15.2 Å². The minimum atomic E-state index is -0.722. The van der Waals surface area contributed by atoms with Crippen molar-refractivity contribution >= 4 is 11.6 Å². The van der Waals surface area contributed by atoms with E-state index in [4.69, 9.17) is 4.74 Å². The maximum absolute atomic E-state index is 11.3. The maximum atomic E-state index is 11.3. The molecule has 0 bridgehead atoms. The minimum absolute atomic E-state index is 0.0744. The molecule has 2 rings (SSSR count). The average molecular weight is 264 g/mol. The zero-order valence-corrected chi connectivity index (χ0v) is 11.6. The van der Waals surface area contributed by atoms with Crippen LogP contribution in [0.1, 0.15) is 19.4 Å². The summed E-state index contributed by atoms with van der Waals surface area (Å²) in [5, 5.41) is 12.6. The molecule has 0 aliphatic carbocycles. The van der Waals surface area contributed by atoms with Gasteiger partial charge in [0.05, 0.1) is 11.3 Å². The number of carbonyl (C=O) groups is 1. The molecule has 0 unspecified atom stereocenters. The third kappa shape index (κ3) is 3.94. The van der Waals surface area contributed by atoms with Gasteiger partial charge in [-0.3, -0.25) is 9.69 Å². The monoisotopic (exact) mass is 264 g/mol. The molecule has 1 aliphatic heterocycles. The number of nitrogens with one attached hydrogen (secondary N) is 1. The lowest BCUT2D eigenvalue weighted by Gasteiger charge is -2.26. The summed E-state index contributed by atoms with van der Waals surface area (Å²) in [5.74, 6) is 0.572. The zero-order chi connectivity index (χ0) is 14.0. The van der Waals surface area contributed by atoms with Gasteiger partial charge in [-0.05, 0) is 38.6 Å². The van der Waals surface area contributed by atoms with Crippen LogP contribution in [-0.4, -0.2) is 41.7 Å². The molecule has 1 aliphatic rings. The van der Waals surface area contributed by atoms with Crippen molar-refractivity contribution in [1.29, 1.82) is 0 Å². The van der Waals surface area contributed by atoms with E-state index in [2.05, 4.69) is 5.32 Å². The fourth-order valence-corrected chi connectivity index (χ4v) is 2.26. The molecule has 0 aromatic heterocycles. The summed E-state index contributed by atoms with van der Waals surface area (Å²) in [4.78, 5) is 13.3. The molecule has 1 amide bonds. The van der Waals surface area contributed by atoms with Gasteiger partial charge in [0.25, 0.3) is 5.91 Å². The number of ether oxygens (including phenoxy) is 1. The first-order chi connectivity index (χ1) is 8.83. The maximum Gasteiger partial charge on any atom is 0.262 e. The van der Waals surface area contributed by atoms with E-state index in [1.165, 1.54) is 0 Å². The van der Waals surface area contributed by atoms with E-state index in [-0.39, 0.29) is 12.5 Å². The predicted octanol–water partition coefficient (Wildman–Crippen LogP) is 1.22. The Labute approximate surface area is 113 Å². The van der Waals surface area contributed by atoms with Gasteiger partial charge in [0.15, 0.2) is 6.61 Å². The highest BCUT2D eigenvalue weighted by Crippen LogP contribution is 2.28. The molecular formula is C14H20N2O3. The Morgan fingerprint density at radius 2 is 2.21 bits per heavy atom. The Morgan fingerprint density at radius 1 is 1.47 bits per heavy atom. The van der Waals surface area contributed by atoms with Crippen LogP contribution in [0, 0.1) is 0 Å². The summed E-state index contributed by atoms with van der Waals surface area (Å²) in [5.41, 5.74) is 1.06. The first-order valence-electron chi connectivity index (χ1n) is 6.30. The molecule has 2 N–H and O–H groups in total. The molecule has 0 atom stereocenters. The first-order valence-corrected chi connectivity index (χ1v) is 6.30. The lowest BCUT2D eigenvalue weighted by molar-refractivity contribution is -0.118. The highest BCUT2D eigenvalue weighted by Gasteiger charge is 2.18. The van der Waals surface area contributed by atoms with Crippen LogP contribution in [0.2, 0.25) is 0 Å². The Kier molecular flexibility index (Phi) is 3.78. The van der Waals surface area contributed by atoms with Gasteiger partial charge >= 0.3 is 0 Å². The first kappa shape index (κ1) is 13.8. The molecule has 1 aromatic carbocycles. The van der Waals surface area contributed by atoms with Gasteiger partial charge in [-0.2, -0.15) is 0 Å². The third-order valence-electron chi connectivity index (χ3n) is 2.79. The van der Waals surface area contributed by atoms with Crippen LogP contribution in [0.5, 0.6) is 5.75 Å². The van der Waals surface area contributed by atoms with Gasteiger partial charge in [0.1, 0.15) is 5.75 Å². The normalized spacial score (nSPS) is 14.9. The van der Waals surface area contributed by atoms with Gasteiger partial charge in [-0.15, -0.1) is 0 Å². The van der Waals surface area contributed by atoms with Gasteiger partial charge in [0.2, 0.25) is 0 Å². The number of rotatable bonds is 4. The summed E-state index contributed by atoms with van der Waals surface area (Å²) in [6.07, 6.45) is 0. The standard InChI is InChI=1S/C14H20N2O3/c1-14(2,18)9-16(3)7-10-4-5-12-11(6-10)15-13(17)8-19-12/h4-6,18H,7-9H2,1-3H3,(H,15,17). The number of hydrogen-bond acceptors (Lipinski definition) is 4. The molecule has 1 aromatic rings. The van der Waals surface area contributed by atoms with E-state index < -0.39 is 5.60 Å². The number of aliphatic hydroxyl groups is 1. The van der Waals surface area contributed by atoms with Crippen LogP contribution >= 0.6 is 0 Å². The fourth-order valence-electron chi connectivity index (χ4n) is 2.26. The van der Waals surface area contributed by atoms with Crippen molar-refractivity contribution in [2.75, 3.05) is 25.5 Å². The van der Waals surface area contributed by atoms with E-state index in [0.717, 1.165) is 5.56 Å². The van der Waals surface area contributed by atoms with Crippen LogP contribution in [0.4, 0.5) is 5.69 Å². The SMILES string of the molecule is CN(Cc1ccc2c(c1)NC(=O)CO2)CC(C)(C)O. The average Bonchev–Trinajstić information content (AvgIpc) is 2.25. The number of carbonyl (C=O) groups excluding carboxylic acids is 1. The zero-order valence-electron chi connectivity index (χ0n) is 11.6. The number of nitrogens with zero attached hydrogens (tertiary/aromatic N) is 1. The van der Waals surface area contributed by atoms with Crippen LogP contribution in [0.3, 0.4) is 0 Å². The number of amides is 1. The van der Waals surface area contributed by atoms with Crippen LogP contribution in [0.25, 0.3) is 0 Å². The van der Waals surface area contributed by atoms with E-state index in [9.17, 15) is 9.90 Å². The second-order valence-electron chi connectivity index (χ2n) is 5.65. The molecule has 0 fully saturated rings. The second-order valence-corrected chi connectivity index (χ2v) is 5.65. The third-order valence-corrected chi connectivity index (χ3v) is 2.79. The van der Waals surface area contributed by atoms with Crippen molar-refractivity contribution in [2.45, 2.75) is 26.0 Å². The fraction of sp³-hybridized carbons (Fsp3) is 0.500. The van der Waals surface area contributed by atoms with Crippen molar-refractivity contribution in [1.82, 2.24) is 4.90 Å². The van der Waals surface area contributed by atoms with Gasteiger partial charge in [0, 0.05) is 13.1 Å². The Morgan fingerprint density at radius 3 is 2.89 bits per heavy atom. The number of anilines is 1. The molecule has 0 radical (unpaired) electrons. The Balaban J connectivity index is 2.06. The number of fused-ring (bicyclic) bond motifs is 1. The summed E-state index contributed by atoms with van der Waals surface area (Å²) in [6.45, 7) is 4.92. The highest BCUT2D eigenvalue weighted by molar-refractivity contribution is 5.95. The molecule has 19 heavy (non-hydrogen) atoms. The smallest absolute Gasteiger partial charge is 0.262 e. The second kappa shape index (κ2) is 5.19. The molecule has 0 spiro atoms. The summed E-state index contributed by atoms with van der Waals surface area (Å²) < 4.78 is 5.31. The summed E-state index contributed by atoms with van der Waals surface area (Å²) in [6, 6.07) is 5.74. The van der Waals surface area contributed by atoms with Gasteiger partial charge in [-0.25, -0.2) is 0 Å². The molecule has 1 heterocycles. The van der Waals surface area contributed by atoms with Gasteiger partial charge in [-0.1, -0.05) is 6.07 Å². The molecule has 5 nitrogen and oxygen atoms in total. The molecule has 0 saturated heterocycles. The Hall–Kier alpha value is -1.59. The van der Waals surface area contributed by atoms with E-state index in [0.29, 0.717) is 24.5 Å². The number of benzene rings is 1. The predicted molar refractivity (Wildman–Crippen MR) is 73.2 cm³/mol. The highest BCUT2D eigenvalue weighted by atomic mass is 16.5. The van der Waals surface area contributed by atoms with Crippen molar-refractivity contribution in [2.24, 2.45) is 0 Å². The van der Waals surface area contributed by atoms with Crippen LogP contribution < -0.4 is 10.1 Å².